The summed E-state index contributed by atoms with van der Waals surface area (Å²) in [6, 6.07) is 9.94. The number of benzene rings is 2. The summed E-state index contributed by atoms with van der Waals surface area (Å²) < 4.78 is 28.4. The Morgan fingerprint density at radius 3 is 2.16 bits per heavy atom. The molecule has 0 amide bonds. The number of halogens is 2. The van der Waals surface area contributed by atoms with Crippen LogP contribution in [0.1, 0.15) is 28.2 Å². The van der Waals surface area contributed by atoms with Crippen LogP contribution in [0.2, 0.25) is 0 Å². The van der Waals surface area contributed by atoms with E-state index >= 15 is 0 Å². The highest BCUT2D eigenvalue weighted by molar-refractivity contribution is 5.38. The first-order valence-electron chi connectivity index (χ1n) is 8.19. The van der Waals surface area contributed by atoms with E-state index in [1.807, 2.05) is 32.0 Å². The summed E-state index contributed by atoms with van der Waals surface area (Å²) >= 11 is 0. The van der Waals surface area contributed by atoms with Gasteiger partial charge in [0.05, 0.1) is 13.7 Å². The molecule has 0 spiro atoms. The molecular formula is C21H23F2NO. The van der Waals surface area contributed by atoms with Crippen LogP contribution in [0, 0.1) is 37.8 Å². The minimum Gasteiger partial charge on any atom is -0.301 e. The highest BCUT2D eigenvalue weighted by Gasteiger charge is 2.23. The van der Waals surface area contributed by atoms with E-state index in [0.29, 0.717) is 13.1 Å². The van der Waals surface area contributed by atoms with E-state index in [9.17, 15) is 8.78 Å². The minimum atomic E-state index is -0.530. The number of rotatable bonds is 7. The maximum absolute atomic E-state index is 14.2. The predicted octanol–water partition coefficient (Wildman–Crippen LogP) is 4.40. The third-order valence-electron chi connectivity index (χ3n) is 4.41. The number of aryl methyl sites for hydroxylation is 2. The van der Waals surface area contributed by atoms with Crippen LogP contribution in [-0.4, -0.2) is 25.3 Å². The number of nitrogens with zero attached hydrogens (tertiary/aromatic N) is 1. The fraction of sp³-hybridized carbons (Fsp3) is 0.333. The molecule has 0 N–H and O–H groups in total. The van der Waals surface area contributed by atoms with Gasteiger partial charge in [-0.25, -0.2) is 8.78 Å². The van der Waals surface area contributed by atoms with Crippen molar-refractivity contribution >= 4 is 0 Å². The molecule has 132 valence electrons. The zero-order valence-corrected chi connectivity index (χ0v) is 14.9. The topological polar surface area (TPSA) is 12.5 Å². The molecule has 1 atom stereocenters. The van der Waals surface area contributed by atoms with Gasteiger partial charge in [-0.15, -0.1) is 6.42 Å². The number of hydroxylamine groups is 2. The Hall–Kier alpha value is -2.22. The van der Waals surface area contributed by atoms with Crippen LogP contribution >= 0.6 is 0 Å². The van der Waals surface area contributed by atoms with Gasteiger partial charge in [-0.05, 0) is 49.1 Å². The first kappa shape index (κ1) is 19.1. The van der Waals surface area contributed by atoms with Gasteiger partial charge in [-0.1, -0.05) is 30.2 Å². The molecular weight excluding hydrogens is 320 g/mol. The quantitative estimate of drug-likeness (QED) is 0.546. The minimum absolute atomic E-state index is 0.0897. The molecule has 0 radical (unpaired) electrons. The van der Waals surface area contributed by atoms with E-state index in [1.54, 1.807) is 12.2 Å². The molecule has 2 aromatic rings. The lowest BCUT2D eigenvalue weighted by molar-refractivity contribution is -0.124. The average Bonchev–Trinajstić information content (AvgIpc) is 2.57. The molecule has 0 aliphatic rings. The maximum Gasteiger partial charge on any atom is 0.129 e. The second-order valence-electron chi connectivity index (χ2n) is 6.12. The highest BCUT2D eigenvalue weighted by Crippen LogP contribution is 2.30. The zero-order valence-electron chi connectivity index (χ0n) is 14.9. The van der Waals surface area contributed by atoms with Gasteiger partial charge in [0.15, 0.2) is 0 Å². The van der Waals surface area contributed by atoms with Crippen molar-refractivity contribution in [2.75, 3.05) is 20.2 Å². The Morgan fingerprint density at radius 2 is 1.64 bits per heavy atom. The number of hydrogen-bond acceptors (Lipinski definition) is 2. The largest absolute Gasteiger partial charge is 0.301 e. The first-order chi connectivity index (χ1) is 12.0. The van der Waals surface area contributed by atoms with E-state index in [2.05, 4.69) is 5.92 Å². The average molecular weight is 343 g/mol. The predicted molar refractivity (Wildman–Crippen MR) is 96.1 cm³/mol. The molecule has 0 aliphatic carbocycles. The van der Waals surface area contributed by atoms with Crippen LogP contribution < -0.4 is 0 Å². The van der Waals surface area contributed by atoms with Crippen LogP contribution in [0.5, 0.6) is 0 Å². The van der Waals surface area contributed by atoms with Gasteiger partial charge >= 0.3 is 0 Å². The van der Waals surface area contributed by atoms with Crippen molar-refractivity contribution in [3.8, 4) is 12.3 Å². The summed E-state index contributed by atoms with van der Waals surface area (Å²) in [5.74, 6) is 1.33. The summed E-state index contributed by atoms with van der Waals surface area (Å²) in [6.07, 6.45) is 5.62. The van der Waals surface area contributed by atoms with Crippen LogP contribution in [-0.2, 0) is 11.3 Å². The van der Waals surface area contributed by atoms with Crippen molar-refractivity contribution in [3.05, 3.63) is 70.3 Å². The monoisotopic (exact) mass is 343 g/mol. The number of terminal acetylenes is 1. The van der Waals surface area contributed by atoms with E-state index < -0.39 is 11.6 Å². The van der Waals surface area contributed by atoms with E-state index in [1.165, 1.54) is 18.2 Å². The number of hydrogen-bond donors (Lipinski definition) is 0. The van der Waals surface area contributed by atoms with Gasteiger partial charge in [0.2, 0.25) is 0 Å². The van der Waals surface area contributed by atoms with Gasteiger partial charge in [0.1, 0.15) is 11.6 Å². The molecule has 0 saturated heterocycles. The van der Waals surface area contributed by atoms with Gasteiger partial charge in [0.25, 0.3) is 0 Å². The summed E-state index contributed by atoms with van der Waals surface area (Å²) in [6.45, 7) is 4.76. The highest BCUT2D eigenvalue weighted by atomic mass is 19.1. The Kier molecular flexibility index (Phi) is 6.69. The second-order valence-corrected chi connectivity index (χ2v) is 6.12. The first-order valence-corrected chi connectivity index (χ1v) is 8.19. The lowest BCUT2D eigenvalue weighted by Gasteiger charge is -2.27. The normalized spacial score (nSPS) is 12.2. The Morgan fingerprint density at radius 1 is 1.08 bits per heavy atom. The SMILES string of the molecule is C#CCN(CC(Cc1c(F)cccc1F)c1c(C)cccc1C)OC. The van der Waals surface area contributed by atoms with Crippen molar-refractivity contribution in [1.29, 1.82) is 0 Å². The fourth-order valence-electron chi connectivity index (χ4n) is 3.25. The summed E-state index contributed by atoms with van der Waals surface area (Å²) in [4.78, 5) is 5.32. The molecule has 0 saturated carbocycles. The Labute approximate surface area is 148 Å². The molecule has 0 aliphatic heterocycles. The third-order valence-corrected chi connectivity index (χ3v) is 4.41. The van der Waals surface area contributed by atoms with Gasteiger partial charge in [-0.2, -0.15) is 5.06 Å². The van der Waals surface area contributed by atoms with E-state index in [-0.39, 0.29) is 17.9 Å². The van der Waals surface area contributed by atoms with Crippen molar-refractivity contribution in [2.24, 2.45) is 0 Å². The lowest BCUT2D eigenvalue weighted by Crippen LogP contribution is -2.30. The van der Waals surface area contributed by atoms with Crippen LogP contribution in [0.4, 0.5) is 8.78 Å². The molecule has 0 bridgehead atoms. The van der Waals surface area contributed by atoms with Gasteiger partial charge in [-0.3, -0.25) is 0 Å². The zero-order chi connectivity index (χ0) is 18.4. The smallest absolute Gasteiger partial charge is 0.129 e. The summed E-state index contributed by atoms with van der Waals surface area (Å²) in [5.41, 5.74) is 3.33. The molecule has 0 heterocycles. The molecule has 2 nitrogen and oxygen atoms in total. The van der Waals surface area contributed by atoms with Crippen LogP contribution in [0.25, 0.3) is 0 Å². The van der Waals surface area contributed by atoms with Crippen molar-refractivity contribution < 1.29 is 13.6 Å². The molecule has 0 fully saturated rings. The Balaban J connectivity index is 2.44. The summed E-state index contributed by atoms with van der Waals surface area (Å²) in [5, 5.41) is 1.63. The molecule has 4 heteroatoms. The standard InChI is InChI=1S/C21H23F2NO/c1-5-12-24(25-4)14-17(21-15(2)8-6-9-16(21)3)13-18-19(22)10-7-11-20(18)23/h1,6-11,17H,12-14H2,2-4H3. The van der Waals surface area contributed by atoms with Gasteiger partial charge in [0, 0.05) is 18.0 Å². The van der Waals surface area contributed by atoms with Crippen LogP contribution in [0.15, 0.2) is 36.4 Å². The molecule has 1 unspecified atom stereocenters. The molecule has 2 rings (SSSR count). The van der Waals surface area contributed by atoms with Crippen molar-refractivity contribution in [1.82, 2.24) is 5.06 Å². The summed E-state index contributed by atoms with van der Waals surface area (Å²) in [7, 11) is 1.54. The molecule has 25 heavy (non-hydrogen) atoms. The molecule has 0 aromatic heterocycles. The lowest BCUT2D eigenvalue weighted by atomic mass is 9.86. The molecule has 2 aromatic carbocycles. The van der Waals surface area contributed by atoms with Crippen molar-refractivity contribution in [3.63, 3.8) is 0 Å². The Bertz CT molecular complexity index is 726. The van der Waals surface area contributed by atoms with Crippen molar-refractivity contribution in [2.45, 2.75) is 26.2 Å². The maximum atomic E-state index is 14.2. The van der Waals surface area contributed by atoms with Gasteiger partial charge < -0.3 is 4.84 Å². The third kappa shape index (κ3) is 4.66. The fourth-order valence-corrected chi connectivity index (χ4v) is 3.25. The van der Waals surface area contributed by atoms with E-state index in [4.69, 9.17) is 11.3 Å². The van der Waals surface area contributed by atoms with Crippen LogP contribution in [0.3, 0.4) is 0 Å². The second kappa shape index (κ2) is 8.75. The van der Waals surface area contributed by atoms with E-state index in [0.717, 1.165) is 16.7 Å².